The lowest BCUT2D eigenvalue weighted by molar-refractivity contribution is -0.115. The van der Waals surface area contributed by atoms with Crippen molar-refractivity contribution < 1.29 is 9.59 Å². The van der Waals surface area contributed by atoms with Crippen LogP contribution in [0.25, 0.3) is 0 Å². The number of halogens is 1. The number of thioether (sulfide) groups is 1. The molecule has 2 rings (SSSR count). The van der Waals surface area contributed by atoms with Crippen molar-refractivity contribution in [3.05, 3.63) is 28.8 Å². The number of amides is 2. The number of likely N-dealkylation sites (tertiary alicyclic amines) is 1. The molecule has 0 saturated carbocycles. The number of hydrogen-bond donors (Lipinski definition) is 2. The van der Waals surface area contributed by atoms with Crippen molar-refractivity contribution >= 4 is 40.9 Å². The number of benzene rings is 1. The molecule has 0 aliphatic carbocycles. The number of carbonyl (C=O) groups is 2. The molecule has 1 aliphatic heterocycles. The first-order valence-electron chi connectivity index (χ1n) is 8.65. The molecular formula is C18H26ClN3O2S. The lowest BCUT2D eigenvalue weighted by atomic mass is 10.0. The SMILES string of the molecule is CCC(=O)Nc1cc(Cl)ccc1C(=O)NC1CCN(CCSC)CC1. The Kier molecular flexibility index (Phi) is 8.06. The van der Waals surface area contributed by atoms with Crippen molar-refractivity contribution in [3.63, 3.8) is 0 Å². The average Bonchev–Trinajstić information content (AvgIpc) is 2.61. The summed E-state index contributed by atoms with van der Waals surface area (Å²) in [5.74, 6) is 0.839. The molecule has 1 aromatic rings. The smallest absolute Gasteiger partial charge is 0.253 e. The molecule has 5 nitrogen and oxygen atoms in total. The first kappa shape index (κ1) is 20.1. The van der Waals surface area contributed by atoms with Crippen LogP contribution in [0.3, 0.4) is 0 Å². The van der Waals surface area contributed by atoms with Gasteiger partial charge in [0.1, 0.15) is 0 Å². The molecular weight excluding hydrogens is 358 g/mol. The quantitative estimate of drug-likeness (QED) is 0.758. The van der Waals surface area contributed by atoms with E-state index in [4.69, 9.17) is 11.6 Å². The number of piperidine rings is 1. The molecule has 0 unspecified atom stereocenters. The minimum Gasteiger partial charge on any atom is -0.349 e. The summed E-state index contributed by atoms with van der Waals surface area (Å²) in [7, 11) is 0. The summed E-state index contributed by atoms with van der Waals surface area (Å²) < 4.78 is 0. The molecule has 1 saturated heterocycles. The highest BCUT2D eigenvalue weighted by atomic mass is 35.5. The van der Waals surface area contributed by atoms with Crippen molar-refractivity contribution in [1.29, 1.82) is 0 Å². The van der Waals surface area contributed by atoms with Crippen LogP contribution in [0.2, 0.25) is 5.02 Å². The van der Waals surface area contributed by atoms with Crippen LogP contribution >= 0.6 is 23.4 Å². The monoisotopic (exact) mass is 383 g/mol. The van der Waals surface area contributed by atoms with Crippen LogP contribution in [-0.2, 0) is 4.79 Å². The van der Waals surface area contributed by atoms with Gasteiger partial charge in [-0.25, -0.2) is 0 Å². The Hall–Kier alpha value is -1.24. The van der Waals surface area contributed by atoms with Crippen LogP contribution in [-0.4, -0.2) is 54.4 Å². The minimum atomic E-state index is -0.161. The van der Waals surface area contributed by atoms with Gasteiger partial charge < -0.3 is 15.5 Å². The zero-order valence-corrected chi connectivity index (χ0v) is 16.4. The Balaban J connectivity index is 1.96. The van der Waals surface area contributed by atoms with Crippen LogP contribution in [0, 0.1) is 0 Å². The van der Waals surface area contributed by atoms with Gasteiger partial charge in [-0.15, -0.1) is 0 Å². The number of anilines is 1. The van der Waals surface area contributed by atoms with E-state index in [0.717, 1.165) is 38.2 Å². The van der Waals surface area contributed by atoms with Gasteiger partial charge >= 0.3 is 0 Å². The van der Waals surface area contributed by atoms with E-state index in [0.29, 0.717) is 22.7 Å². The van der Waals surface area contributed by atoms with Crippen molar-refractivity contribution in [2.45, 2.75) is 32.2 Å². The second-order valence-electron chi connectivity index (χ2n) is 6.17. The third kappa shape index (κ3) is 6.20. The molecule has 2 N–H and O–H groups in total. The summed E-state index contributed by atoms with van der Waals surface area (Å²) in [4.78, 5) is 26.8. The molecule has 1 heterocycles. The highest BCUT2D eigenvalue weighted by Crippen LogP contribution is 2.22. The average molecular weight is 384 g/mol. The van der Waals surface area contributed by atoms with Crippen LogP contribution < -0.4 is 10.6 Å². The topological polar surface area (TPSA) is 61.4 Å². The minimum absolute atomic E-state index is 0.140. The molecule has 7 heteroatoms. The Bertz CT molecular complexity index is 604. The molecule has 0 spiro atoms. The van der Waals surface area contributed by atoms with E-state index >= 15 is 0 Å². The lowest BCUT2D eigenvalue weighted by Gasteiger charge is -2.32. The number of nitrogens with zero attached hydrogens (tertiary/aromatic N) is 1. The molecule has 25 heavy (non-hydrogen) atoms. The van der Waals surface area contributed by atoms with E-state index in [-0.39, 0.29) is 17.9 Å². The van der Waals surface area contributed by atoms with Gasteiger partial charge in [-0.2, -0.15) is 11.8 Å². The molecule has 1 fully saturated rings. The maximum Gasteiger partial charge on any atom is 0.253 e. The number of rotatable bonds is 7. The summed E-state index contributed by atoms with van der Waals surface area (Å²) in [5.41, 5.74) is 0.922. The summed E-state index contributed by atoms with van der Waals surface area (Å²) in [6.45, 7) is 4.88. The predicted octanol–water partition coefficient (Wildman–Crippen LogP) is 3.25. The summed E-state index contributed by atoms with van der Waals surface area (Å²) >= 11 is 7.86. The third-order valence-electron chi connectivity index (χ3n) is 4.36. The fourth-order valence-electron chi connectivity index (χ4n) is 2.84. The molecule has 0 aromatic heterocycles. The van der Waals surface area contributed by atoms with E-state index in [1.165, 1.54) is 0 Å². The van der Waals surface area contributed by atoms with Crippen molar-refractivity contribution in [2.24, 2.45) is 0 Å². The number of hydrogen-bond acceptors (Lipinski definition) is 4. The summed E-state index contributed by atoms with van der Waals surface area (Å²) in [6, 6.07) is 5.12. The Labute approximate surface area is 158 Å². The largest absolute Gasteiger partial charge is 0.349 e. The van der Waals surface area contributed by atoms with Crippen LogP contribution in [0.1, 0.15) is 36.5 Å². The highest BCUT2D eigenvalue weighted by Gasteiger charge is 2.22. The van der Waals surface area contributed by atoms with Crippen molar-refractivity contribution in [3.8, 4) is 0 Å². The number of nitrogens with one attached hydrogen (secondary N) is 2. The Morgan fingerprint density at radius 3 is 2.68 bits per heavy atom. The van der Waals surface area contributed by atoms with Crippen LogP contribution in [0.4, 0.5) is 5.69 Å². The van der Waals surface area contributed by atoms with Gasteiger partial charge in [0, 0.05) is 42.9 Å². The van der Waals surface area contributed by atoms with Gasteiger partial charge in [-0.3, -0.25) is 9.59 Å². The Morgan fingerprint density at radius 1 is 1.32 bits per heavy atom. The van der Waals surface area contributed by atoms with E-state index in [1.807, 2.05) is 11.8 Å². The maximum atomic E-state index is 12.6. The predicted molar refractivity (Wildman–Crippen MR) is 106 cm³/mol. The second-order valence-corrected chi connectivity index (χ2v) is 7.60. The second kappa shape index (κ2) is 10.0. The van der Waals surface area contributed by atoms with E-state index in [9.17, 15) is 9.59 Å². The van der Waals surface area contributed by atoms with Gasteiger partial charge in [-0.1, -0.05) is 18.5 Å². The molecule has 0 bridgehead atoms. The van der Waals surface area contributed by atoms with Gasteiger partial charge in [0.2, 0.25) is 5.91 Å². The fourth-order valence-corrected chi connectivity index (χ4v) is 3.45. The third-order valence-corrected chi connectivity index (χ3v) is 5.18. The molecule has 138 valence electrons. The standard InChI is InChI=1S/C18H26ClN3O2S/c1-3-17(23)21-16-12-13(19)4-5-15(16)18(24)20-14-6-8-22(9-7-14)10-11-25-2/h4-5,12,14H,3,6-11H2,1-2H3,(H,20,24)(H,21,23). The van der Waals surface area contributed by atoms with Crippen molar-refractivity contribution in [1.82, 2.24) is 10.2 Å². The van der Waals surface area contributed by atoms with Gasteiger partial charge in [-0.05, 0) is 37.3 Å². The van der Waals surface area contributed by atoms with Gasteiger partial charge in [0.25, 0.3) is 5.91 Å². The fraction of sp³-hybridized carbons (Fsp3) is 0.556. The van der Waals surface area contributed by atoms with Crippen LogP contribution in [0.5, 0.6) is 0 Å². The first-order valence-corrected chi connectivity index (χ1v) is 10.4. The van der Waals surface area contributed by atoms with E-state index in [1.54, 1.807) is 25.1 Å². The summed E-state index contributed by atoms with van der Waals surface area (Å²) in [6.07, 6.45) is 4.37. The van der Waals surface area contributed by atoms with Gasteiger partial charge in [0.05, 0.1) is 11.3 Å². The number of carbonyl (C=O) groups excluding carboxylic acids is 2. The van der Waals surface area contributed by atoms with E-state index < -0.39 is 0 Å². The normalized spacial score (nSPS) is 15.8. The molecule has 1 aliphatic rings. The van der Waals surface area contributed by atoms with E-state index in [2.05, 4.69) is 21.8 Å². The molecule has 0 atom stereocenters. The lowest BCUT2D eigenvalue weighted by Crippen LogP contribution is -2.45. The van der Waals surface area contributed by atoms with Crippen LogP contribution in [0.15, 0.2) is 18.2 Å². The van der Waals surface area contributed by atoms with Crippen molar-refractivity contribution in [2.75, 3.05) is 37.0 Å². The maximum absolute atomic E-state index is 12.6. The zero-order chi connectivity index (χ0) is 18.2. The Morgan fingerprint density at radius 2 is 2.04 bits per heavy atom. The molecule has 2 amide bonds. The summed E-state index contributed by atoms with van der Waals surface area (Å²) in [5, 5.41) is 6.34. The molecule has 1 aromatic carbocycles. The van der Waals surface area contributed by atoms with Gasteiger partial charge in [0.15, 0.2) is 0 Å². The molecule has 0 radical (unpaired) electrons. The first-order chi connectivity index (χ1) is 12.0. The highest BCUT2D eigenvalue weighted by molar-refractivity contribution is 7.98. The zero-order valence-electron chi connectivity index (χ0n) is 14.8.